The van der Waals surface area contributed by atoms with Crippen LogP contribution < -0.4 is 11.1 Å². The number of amides is 1. The second-order valence-corrected chi connectivity index (χ2v) is 5.49. The highest BCUT2D eigenvalue weighted by Crippen LogP contribution is 2.31. The average Bonchev–Trinajstić information content (AvgIpc) is 3.07. The van der Waals surface area contributed by atoms with Crippen LogP contribution in [0.4, 0.5) is 0 Å². The Kier molecular flexibility index (Phi) is 6.39. The Bertz CT molecular complexity index is 272. The fourth-order valence-corrected chi connectivity index (χ4v) is 2.40. The molecule has 106 valence electrons. The molecule has 2 aliphatic rings. The van der Waals surface area contributed by atoms with Crippen LogP contribution in [0.2, 0.25) is 0 Å². The van der Waals surface area contributed by atoms with Gasteiger partial charge in [-0.3, -0.25) is 4.79 Å². The molecule has 2 fully saturated rings. The SMILES string of the molecule is CC1CCC(CCC(=O)NCC(N)C2CC2)O1.Cl. The van der Waals surface area contributed by atoms with Gasteiger partial charge in [-0.15, -0.1) is 12.4 Å². The van der Waals surface area contributed by atoms with E-state index in [4.69, 9.17) is 10.5 Å². The summed E-state index contributed by atoms with van der Waals surface area (Å²) in [6.07, 6.45) is 6.73. The Labute approximate surface area is 115 Å². The van der Waals surface area contributed by atoms with Gasteiger partial charge in [0.1, 0.15) is 0 Å². The van der Waals surface area contributed by atoms with Crippen LogP contribution in [0.1, 0.15) is 45.4 Å². The summed E-state index contributed by atoms with van der Waals surface area (Å²) < 4.78 is 5.68. The number of rotatable bonds is 6. The van der Waals surface area contributed by atoms with Crippen molar-refractivity contribution in [2.24, 2.45) is 11.7 Å². The molecule has 18 heavy (non-hydrogen) atoms. The molecule has 0 aromatic carbocycles. The fourth-order valence-electron chi connectivity index (χ4n) is 2.40. The lowest BCUT2D eigenvalue weighted by Crippen LogP contribution is -2.38. The molecule has 3 unspecified atom stereocenters. The van der Waals surface area contributed by atoms with Crippen LogP contribution >= 0.6 is 12.4 Å². The van der Waals surface area contributed by atoms with Gasteiger partial charge in [0.2, 0.25) is 5.91 Å². The third-order valence-electron chi connectivity index (χ3n) is 3.78. The predicted molar refractivity (Wildman–Crippen MR) is 73.8 cm³/mol. The molecule has 5 heteroatoms. The highest BCUT2D eigenvalue weighted by atomic mass is 35.5. The summed E-state index contributed by atoms with van der Waals surface area (Å²) in [7, 11) is 0. The molecule has 3 atom stereocenters. The van der Waals surface area contributed by atoms with Crippen LogP contribution in [0.3, 0.4) is 0 Å². The number of halogens is 1. The zero-order valence-corrected chi connectivity index (χ0v) is 11.9. The van der Waals surface area contributed by atoms with Crippen molar-refractivity contribution in [2.45, 2.75) is 63.7 Å². The number of hydrogen-bond acceptors (Lipinski definition) is 3. The minimum Gasteiger partial charge on any atom is -0.375 e. The number of hydrogen-bond donors (Lipinski definition) is 2. The first-order valence-corrected chi connectivity index (χ1v) is 6.83. The van der Waals surface area contributed by atoms with E-state index in [9.17, 15) is 4.79 Å². The van der Waals surface area contributed by atoms with Gasteiger partial charge in [0.05, 0.1) is 12.2 Å². The van der Waals surface area contributed by atoms with Gasteiger partial charge in [0.15, 0.2) is 0 Å². The van der Waals surface area contributed by atoms with Crippen molar-refractivity contribution in [3.8, 4) is 0 Å². The fraction of sp³-hybridized carbons (Fsp3) is 0.923. The molecular formula is C13H25ClN2O2. The zero-order chi connectivity index (χ0) is 12.3. The Morgan fingerprint density at radius 2 is 2.11 bits per heavy atom. The Hall–Kier alpha value is -0.320. The normalized spacial score (nSPS) is 28.6. The summed E-state index contributed by atoms with van der Waals surface area (Å²) in [5, 5.41) is 2.92. The number of carbonyl (C=O) groups excluding carboxylic acids is 1. The molecule has 1 heterocycles. The molecule has 1 amide bonds. The summed E-state index contributed by atoms with van der Waals surface area (Å²) in [5.41, 5.74) is 5.92. The minimum atomic E-state index is 0. The van der Waals surface area contributed by atoms with E-state index in [1.165, 1.54) is 12.8 Å². The van der Waals surface area contributed by atoms with Crippen molar-refractivity contribution in [3.63, 3.8) is 0 Å². The molecular weight excluding hydrogens is 252 g/mol. The second kappa shape index (κ2) is 7.31. The van der Waals surface area contributed by atoms with Crippen LogP contribution in [0.5, 0.6) is 0 Å². The standard InChI is InChI=1S/C13H24N2O2.ClH/c1-9-2-5-11(17-9)6-7-13(16)15-8-12(14)10-3-4-10;/h9-12H,2-8,14H2,1H3,(H,15,16);1H. The highest BCUT2D eigenvalue weighted by Gasteiger charge is 2.28. The maximum Gasteiger partial charge on any atom is 0.220 e. The summed E-state index contributed by atoms with van der Waals surface area (Å²) in [6.45, 7) is 2.72. The van der Waals surface area contributed by atoms with Crippen molar-refractivity contribution < 1.29 is 9.53 Å². The lowest BCUT2D eigenvalue weighted by atomic mass is 10.1. The van der Waals surface area contributed by atoms with E-state index in [2.05, 4.69) is 12.2 Å². The Morgan fingerprint density at radius 1 is 1.39 bits per heavy atom. The average molecular weight is 277 g/mol. The molecule has 0 bridgehead atoms. The third-order valence-corrected chi connectivity index (χ3v) is 3.78. The van der Waals surface area contributed by atoms with Crippen LogP contribution in [0.15, 0.2) is 0 Å². The van der Waals surface area contributed by atoms with Crippen molar-refractivity contribution in [3.05, 3.63) is 0 Å². The molecule has 2 rings (SSSR count). The lowest BCUT2D eigenvalue weighted by molar-refractivity contribution is -0.121. The molecule has 1 saturated carbocycles. The third kappa shape index (κ3) is 5.12. The van der Waals surface area contributed by atoms with Crippen molar-refractivity contribution in [2.75, 3.05) is 6.54 Å². The van der Waals surface area contributed by atoms with E-state index in [-0.39, 0.29) is 30.5 Å². The Balaban J connectivity index is 0.00000162. The minimum absolute atomic E-state index is 0. The van der Waals surface area contributed by atoms with Crippen LogP contribution in [0.25, 0.3) is 0 Å². The van der Waals surface area contributed by atoms with Gasteiger partial charge in [0.25, 0.3) is 0 Å². The van der Waals surface area contributed by atoms with Gasteiger partial charge in [-0.1, -0.05) is 0 Å². The molecule has 4 nitrogen and oxygen atoms in total. The smallest absolute Gasteiger partial charge is 0.220 e. The van der Waals surface area contributed by atoms with Crippen molar-refractivity contribution in [1.82, 2.24) is 5.32 Å². The molecule has 0 spiro atoms. The number of carbonyl (C=O) groups is 1. The summed E-state index contributed by atoms with van der Waals surface area (Å²) in [4.78, 5) is 11.6. The van der Waals surface area contributed by atoms with E-state index in [0.29, 0.717) is 25.0 Å². The van der Waals surface area contributed by atoms with Gasteiger partial charge in [-0.05, 0) is 44.9 Å². The number of ether oxygens (including phenoxy) is 1. The zero-order valence-electron chi connectivity index (χ0n) is 11.1. The second-order valence-electron chi connectivity index (χ2n) is 5.49. The van der Waals surface area contributed by atoms with Gasteiger partial charge in [0, 0.05) is 19.0 Å². The van der Waals surface area contributed by atoms with E-state index >= 15 is 0 Å². The first-order chi connectivity index (χ1) is 8.15. The highest BCUT2D eigenvalue weighted by molar-refractivity contribution is 5.85. The van der Waals surface area contributed by atoms with E-state index < -0.39 is 0 Å². The van der Waals surface area contributed by atoms with Crippen LogP contribution in [-0.2, 0) is 9.53 Å². The summed E-state index contributed by atoms with van der Waals surface area (Å²) in [6, 6.07) is 0.154. The van der Waals surface area contributed by atoms with Gasteiger partial charge >= 0.3 is 0 Å². The Morgan fingerprint density at radius 3 is 2.67 bits per heavy atom. The van der Waals surface area contributed by atoms with E-state index in [1.54, 1.807) is 0 Å². The maximum absolute atomic E-state index is 11.6. The largest absolute Gasteiger partial charge is 0.375 e. The molecule has 3 N–H and O–H groups in total. The molecule has 0 radical (unpaired) electrons. The lowest BCUT2D eigenvalue weighted by Gasteiger charge is -2.13. The topological polar surface area (TPSA) is 64.4 Å². The molecule has 0 aromatic rings. The first kappa shape index (κ1) is 15.7. The monoisotopic (exact) mass is 276 g/mol. The molecule has 0 aromatic heterocycles. The summed E-state index contributed by atoms with van der Waals surface area (Å²) in [5.74, 6) is 0.763. The predicted octanol–water partition coefficient (Wildman–Crippen LogP) is 1.61. The van der Waals surface area contributed by atoms with Gasteiger partial charge in [-0.25, -0.2) is 0 Å². The maximum atomic E-state index is 11.6. The van der Waals surface area contributed by atoms with Gasteiger partial charge < -0.3 is 15.8 Å². The molecule has 1 saturated heterocycles. The van der Waals surface area contributed by atoms with Crippen molar-refractivity contribution in [1.29, 1.82) is 0 Å². The first-order valence-electron chi connectivity index (χ1n) is 6.83. The summed E-state index contributed by atoms with van der Waals surface area (Å²) >= 11 is 0. The molecule has 1 aliphatic carbocycles. The van der Waals surface area contributed by atoms with E-state index in [1.807, 2.05) is 0 Å². The molecule has 1 aliphatic heterocycles. The number of nitrogens with two attached hydrogens (primary N) is 1. The number of nitrogens with one attached hydrogen (secondary N) is 1. The van der Waals surface area contributed by atoms with E-state index in [0.717, 1.165) is 19.3 Å². The van der Waals surface area contributed by atoms with Crippen LogP contribution in [0, 0.1) is 5.92 Å². The quantitative estimate of drug-likeness (QED) is 0.775. The van der Waals surface area contributed by atoms with Crippen molar-refractivity contribution >= 4 is 18.3 Å². The van der Waals surface area contributed by atoms with Crippen LogP contribution in [-0.4, -0.2) is 30.7 Å². The van der Waals surface area contributed by atoms with Gasteiger partial charge in [-0.2, -0.15) is 0 Å².